The third-order valence-electron chi connectivity index (χ3n) is 4.12. The van der Waals surface area contributed by atoms with Crippen molar-refractivity contribution in [3.05, 3.63) is 29.3 Å². The lowest BCUT2D eigenvalue weighted by molar-refractivity contribution is 0.0733. The third-order valence-corrected chi connectivity index (χ3v) is 4.12. The molecule has 0 atom stereocenters. The number of hydrogen-bond acceptors (Lipinski definition) is 4. The first kappa shape index (κ1) is 20.5. The third kappa shape index (κ3) is 8.06. The van der Waals surface area contributed by atoms with Crippen LogP contribution in [0.3, 0.4) is 0 Å². The molecule has 1 saturated carbocycles. The van der Waals surface area contributed by atoms with E-state index in [1.54, 1.807) is 7.11 Å². The van der Waals surface area contributed by atoms with Gasteiger partial charge in [0.2, 0.25) is 0 Å². The van der Waals surface area contributed by atoms with E-state index in [0.29, 0.717) is 32.9 Å². The number of rotatable bonds is 12. The molecule has 0 radical (unpaired) electrons. The summed E-state index contributed by atoms with van der Waals surface area (Å²) in [5.74, 6) is 2.49. The SMILES string of the molecule is CCNC(=NCc1ccc(C)cc1OCC1CC1)NCCOCCOC. The Morgan fingerprint density at radius 2 is 2.04 bits per heavy atom. The van der Waals surface area contributed by atoms with E-state index >= 15 is 0 Å². The summed E-state index contributed by atoms with van der Waals surface area (Å²) in [6, 6.07) is 6.33. The number of nitrogens with one attached hydrogen (secondary N) is 2. The van der Waals surface area contributed by atoms with Gasteiger partial charge in [-0.15, -0.1) is 0 Å². The van der Waals surface area contributed by atoms with Crippen LogP contribution in [0.5, 0.6) is 5.75 Å². The highest BCUT2D eigenvalue weighted by atomic mass is 16.5. The molecule has 0 bridgehead atoms. The zero-order valence-electron chi connectivity index (χ0n) is 16.3. The molecule has 0 aromatic heterocycles. The Bertz CT molecular complexity index is 559. The van der Waals surface area contributed by atoms with E-state index in [9.17, 15) is 0 Å². The first-order valence-electron chi connectivity index (χ1n) is 9.54. The van der Waals surface area contributed by atoms with E-state index in [1.165, 1.54) is 18.4 Å². The Kier molecular flexibility index (Phi) is 9.28. The highest BCUT2D eigenvalue weighted by Crippen LogP contribution is 2.30. The van der Waals surface area contributed by atoms with E-state index < -0.39 is 0 Å². The molecule has 2 rings (SSSR count). The molecular weight excluding hydrogens is 330 g/mol. The van der Waals surface area contributed by atoms with Crippen molar-refractivity contribution in [2.45, 2.75) is 33.2 Å². The van der Waals surface area contributed by atoms with Crippen LogP contribution < -0.4 is 15.4 Å². The first-order valence-corrected chi connectivity index (χ1v) is 9.54. The van der Waals surface area contributed by atoms with Crippen molar-refractivity contribution in [3.63, 3.8) is 0 Å². The van der Waals surface area contributed by atoms with Crippen LogP contribution in [0.25, 0.3) is 0 Å². The number of aryl methyl sites for hydroxylation is 1. The van der Waals surface area contributed by atoms with Crippen LogP contribution in [0.2, 0.25) is 0 Å². The normalized spacial score (nSPS) is 14.3. The summed E-state index contributed by atoms with van der Waals surface area (Å²) in [5, 5.41) is 6.55. The van der Waals surface area contributed by atoms with Gasteiger partial charge >= 0.3 is 0 Å². The Morgan fingerprint density at radius 3 is 2.77 bits per heavy atom. The Balaban J connectivity index is 1.86. The van der Waals surface area contributed by atoms with Gasteiger partial charge in [0, 0.05) is 25.8 Å². The van der Waals surface area contributed by atoms with Crippen LogP contribution in [0.15, 0.2) is 23.2 Å². The molecule has 1 aromatic rings. The van der Waals surface area contributed by atoms with Crippen molar-refractivity contribution >= 4 is 5.96 Å². The summed E-state index contributed by atoms with van der Waals surface area (Å²) in [6.45, 7) is 8.91. The molecule has 1 aliphatic carbocycles. The number of nitrogens with zero attached hydrogens (tertiary/aromatic N) is 1. The standard InChI is InChI=1S/C20H33N3O3/c1-4-21-20(22-9-10-25-12-11-24-3)23-14-18-8-5-16(2)13-19(18)26-15-17-6-7-17/h5,8,13,17H,4,6-7,9-12,14-15H2,1-3H3,(H2,21,22,23). The highest BCUT2D eigenvalue weighted by molar-refractivity contribution is 5.79. The van der Waals surface area contributed by atoms with E-state index in [1.807, 2.05) is 0 Å². The first-order chi connectivity index (χ1) is 12.7. The predicted octanol–water partition coefficient (Wildman–Crippen LogP) is 2.50. The van der Waals surface area contributed by atoms with E-state index in [0.717, 1.165) is 36.3 Å². The topological polar surface area (TPSA) is 64.1 Å². The largest absolute Gasteiger partial charge is 0.493 e. The lowest BCUT2D eigenvalue weighted by Crippen LogP contribution is -2.39. The van der Waals surface area contributed by atoms with Crippen molar-refractivity contribution in [1.29, 1.82) is 0 Å². The monoisotopic (exact) mass is 363 g/mol. The lowest BCUT2D eigenvalue weighted by Gasteiger charge is -2.13. The molecular formula is C20H33N3O3. The fourth-order valence-electron chi connectivity index (χ4n) is 2.41. The summed E-state index contributed by atoms with van der Waals surface area (Å²) in [5.41, 5.74) is 2.33. The summed E-state index contributed by atoms with van der Waals surface area (Å²) >= 11 is 0. The van der Waals surface area contributed by atoms with Crippen LogP contribution in [-0.4, -0.2) is 52.6 Å². The van der Waals surface area contributed by atoms with Gasteiger partial charge in [0.1, 0.15) is 5.75 Å². The highest BCUT2D eigenvalue weighted by Gasteiger charge is 2.22. The molecule has 0 unspecified atom stereocenters. The second kappa shape index (κ2) is 11.8. The number of hydrogen-bond donors (Lipinski definition) is 2. The quantitative estimate of drug-likeness (QED) is 0.339. The Morgan fingerprint density at radius 1 is 1.19 bits per heavy atom. The number of ether oxygens (including phenoxy) is 3. The molecule has 1 aromatic carbocycles. The van der Waals surface area contributed by atoms with Gasteiger partial charge in [-0.2, -0.15) is 0 Å². The Hall–Kier alpha value is -1.79. The second-order valence-electron chi connectivity index (χ2n) is 6.59. The summed E-state index contributed by atoms with van der Waals surface area (Å²) < 4.78 is 16.5. The van der Waals surface area contributed by atoms with Crippen molar-refractivity contribution in [2.24, 2.45) is 10.9 Å². The van der Waals surface area contributed by atoms with Crippen molar-refractivity contribution < 1.29 is 14.2 Å². The number of methoxy groups -OCH3 is 1. The number of benzene rings is 1. The predicted molar refractivity (Wildman–Crippen MR) is 105 cm³/mol. The van der Waals surface area contributed by atoms with E-state index in [4.69, 9.17) is 14.2 Å². The molecule has 0 amide bonds. The van der Waals surface area contributed by atoms with E-state index in [-0.39, 0.29) is 0 Å². The molecule has 6 nitrogen and oxygen atoms in total. The van der Waals surface area contributed by atoms with Crippen molar-refractivity contribution in [2.75, 3.05) is 46.6 Å². The van der Waals surface area contributed by atoms with Crippen LogP contribution in [0.1, 0.15) is 30.9 Å². The van der Waals surface area contributed by atoms with Gasteiger partial charge in [-0.3, -0.25) is 0 Å². The van der Waals surface area contributed by atoms with Crippen LogP contribution in [0, 0.1) is 12.8 Å². The van der Waals surface area contributed by atoms with E-state index in [2.05, 4.69) is 47.7 Å². The molecule has 0 aliphatic heterocycles. The minimum atomic E-state index is 0.583. The molecule has 146 valence electrons. The summed E-state index contributed by atoms with van der Waals surface area (Å²) in [6.07, 6.45) is 2.58. The summed E-state index contributed by atoms with van der Waals surface area (Å²) in [4.78, 5) is 4.68. The minimum Gasteiger partial charge on any atom is -0.493 e. The van der Waals surface area contributed by atoms with Gasteiger partial charge in [0.25, 0.3) is 0 Å². The molecule has 0 saturated heterocycles. The average Bonchev–Trinajstić information content (AvgIpc) is 3.46. The molecule has 1 aliphatic rings. The number of guanidine groups is 1. The molecule has 6 heteroatoms. The lowest BCUT2D eigenvalue weighted by atomic mass is 10.1. The maximum Gasteiger partial charge on any atom is 0.191 e. The average molecular weight is 364 g/mol. The Labute approximate surface area is 157 Å². The van der Waals surface area contributed by atoms with Crippen LogP contribution in [-0.2, 0) is 16.0 Å². The fourth-order valence-corrected chi connectivity index (χ4v) is 2.41. The smallest absolute Gasteiger partial charge is 0.191 e. The molecule has 0 heterocycles. The van der Waals surface area contributed by atoms with Crippen LogP contribution >= 0.6 is 0 Å². The van der Waals surface area contributed by atoms with Gasteiger partial charge in [0.15, 0.2) is 5.96 Å². The van der Waals surface area contributed by atoms with Crippen LogP contribution in [0.4, 0.5) is 0 Å². The molecule has 1 fully saturated rings. The zero-order valence-corrected chi connectivity index (χ0v) is 16.3. The maximum absolute atomic E-state index is 6.03. The number of aliphatic imine (C=N–C) groups is 1. The maximum atomic E-state index is 6.03. The molecule has 0 spiro atoms. The van der Waals surface area contributed by atoms with Gasteiger partial charge < -0.3 is 24.8 Å². The molecule has 2 N–H and O–H groups in total. The second-order valence-corrected chi connectivity index (χ2v) is 6.59. The van der Waals surface area contributed by atoms with Crippen molar-refractivity contribution in [3.8, 4) is 5.75 Å². The fraction of sp³-hybridized carbons (Fsp3) is 0.650. The van der Waals surface area contributed by atoms with Gasteiger partial charge in [-0.05, 0) is 44.2 Å². The molecule has 26 heavy (non-hydrogen) atoms. The van der Waals surface area contributed by atoms with Gasteiger partial charge in [-0.1, -0.05) is 12.1 Å². The minimum absolute atomic E-state index is 0.583. The van der Waals surface area contributed by atoms with Crippen molar-refractivity contribution in [1.82, 2.24) is 10.6 Å². The van der Waals surface area contributed by atoms with Gasteiger partial charge in [-0.25, -0.2) is 4.99 Å². The van der Waals surface area contributed by atoms with Gasteiger partial charge in [0.05, 0.1) is 33.0 Å². The summed E-state index contributed by atoms with van der Waals surface area (Å²) in [7, 11) is 1.67. The zero-order chi connectivity index (χ0) is 18.6.